The Morgan fingerprint density at radius 3 is 2.35 bits per heavy atom. The van der Waals surface area contributed by atoms with E-state index in [2.05, 4.69) is 66.6 Å². The number of methoxy groups -OCH3 is 1. The zero-order valence-electron chi connectivity index (χ0n) is 30.6. The number of benzene rings is 2. The number of hydrogen-bond donors (Lipinski definition) is 0. The van der Waals surface area contributed by atoms with E-state index in [1.165, 1.54) is 55.9 Å². The van der Waals surface area contributed by atoms with Crippen molar-refractivity contribution in [3.63, 3.8) is 0 Å². The first kappa shape index (κ1) is 35.7. The van der Waals surface area contributed by atoms with Gasteiger partial charge in [0.15, 0.2) is 0 Å². The van der Waals surface area contributed by atoms with Gasteiger partial charge in [-0.05, 0) is 97.3 Å². The van der Waals surface area contributed by atoms with Gasteiger partial charge in [0.2, 0.25) is 0 Å². The average Bonchev–Trinajstić information content (AvgIpc) is 3.35. The number of ether oxygens (including phenoxy) is 3. The monoisotopic (exact) mass is 660 g/mol. The molecule has 2 aromatic carbocycles. The van der Waals surface area contributed by atoms with Gasteiger partial charge in [-0.2, -0.15) is 0 Å². The number of hydrogen-bond acceptors (Lipinski definition) is 7. The maximum Gasteiger partial charge on any atom is 0.410 e. The Kier molecular flexibility index (Phi) is 10.8. The van der Waals surface area contributed by atoms with Crippen molar-refractivity contribution in [1.82, 2.24) is 19.3 Å². The number of esters is 1. The largest absolute Gasteiger partial charge is 0.491 e. The van der Waals surface area contributed by atoms with Gasteiger partial charge in [0, 0.05) is 49.7 Å². The van der Waals surface area contributed by atoms with Crippen molar-refractivity contribution in [2.75, 3.05) is 54.5 Å². The maximum absolute atomic E-state index is 12.8. The molecule has 2 aliphatic rings. The zero-order chi connectivity index (χ0) is 34.8. The fourth-order valence-corrected chi connectivity index (χ4v) is 7.34. The van der Waals surface area contributed by atoms with Crippen molar-refractivity contribution in [3.8, 4) is 17.0 Å². The number of carbonyl (C=O) groups is 2. The van der Waals surface area contributed by atoms with E-state index in [4.69, 9.17) is 14.2 Å². The summed E-state index contributed by atoms with van der Waals surface area (Å²) in [5, 5.41) is 1.22. The number of para-hydroxylation sites is 1. The number of amides is 1. The minimum absolute atomic E-state index is 0.0829. The SMILES string of the molecule is COC(=O)c1ccc2c(C3CCCCC3)c3n(c2c1)C[C@@H](N(C)CCN(C)CC(C)(C)N(C)C(=O)OC(C)(C)C)COc1ccccc1-3. The summed E-state index contributed by atoms with van der Waals surface area (Å²) in [4.78, 5) is 31.9. The van der Waals surface area contributed by atoms with E-state index in [9.17, 15) is 9.59 Å². The lowest BCUT2D eigenvalue weighted by Crippen LogP contribution is -2.53. The van der Waals surface area contributed by atoms with Gasteiger partial charge in [0.1, 0.15) is 18.0 Å². The third kappa shape index (κ3) is 7.84. The van der Waals surface area contributed by atoms with Crippen LogP contribution in [0.15, 0.2) is 42.5 Å². The van der Waals surface area contributed by atoms with Crippen LogP contribution in [0.25, 0.3) is 22.2 Å². The molecule has 0 N–H and O–H groups in total. The second-order valence-electron chi connectivity index (χ2n) is 15.5. The lowest BCUT2D eigenvalue weighted by molar-refractivity contribution is 0.00547. The molecule has 0 radical (unpaired) electrons. The summed E-state index contributed by atoms with van der Waals surface area (Å²) < 4.78 is 19.9. The predicted molar refractivity (Wildman–Crippen MR) is 192 cm³/mol. The number of aromatic nitrogens is 1. The lowest BCUT2D eigenvalue weighted by atomic mass is 9.81. The molecule has 0 saturated heterocycles. The molecule has 1 saturated carbocycles. The smallest absolute Gasteiger partial charge is 0.410 e. The fourth-order valence-electron chi connectivity index (χ4n) is 7.34. The fraction of sp³-hybridized carbons (Fsp3) is 0.590. The van der Waals surface area contributed by atoms with Crippen molar-refractivity contribution >= 4 is 23.0 Å². The molecule has 9 nitrogen and oxygen atoms in total. The molecule has 3 aromatic rings. The van der Waals surface area contributed by atoms with Crippen LogP contribution in [0.3, 0.4) is 0 Å². The summed E-state index contributed by atoms with van der Waals surface area (Å²) in [6, 6.07) is 14.6. The second kappa shape index (κ2) is 14.5. The average molecular weight is 661 g/mol. The van der Waals surface area contributed by atoms with E-state index >= 15 is 0 Å². The Morgan fingerprint density at radius 2 is 1.67 bits per heavy atom. The first-order chi connectivity index (χ1) is 22.7. The molecule has 5 rings (SSSR count). The van der Waals surface area contributed by atoms with Gasteiger partial charge in [-0.1, -0.05) is 37.5 Å². The van der Waals surface area contributed by atoms with Crippen LogP contribution in [-0.2, 0) is 16.0 Å². The Hall–Kier alpha value is -3.56. The van der Waals surface area contributed by atoms with Crippen LogP contribution in [0.2, 0.25) is 0 Å². The molecular formula is C39H56N4O5. The van der Waals surface area contributed by atoms with E-state index in [-0.39, 0.29) is 18.1 Å². The summed E-state index contributed by atoms with van der Waals surface area (Å²) in [5.41, 5.74) is 4.40. The highest BCUT2D eigenvalue weighted by Gasteiger charge is 2.34. The van der Waals surface area contributed by atoms with E-state index in [0.717, 1.165) is 36.5 Å². The summed E-state index contributed by atoms with van der Waals surface area (Å²) in [7, 11) is 7.52. The van der Waals surface area contributed by atoms with Gasteiger partial charge in [0.05, 0.1) is 29.9 Å². The van der Waals surface area contributed by atoms with Crippen molar-refractivity contribution in [2.24, 2.45) is 0 Å². The molecule has 262 valence electrons. The quantitative estimate of drug-likeness (QED) is 0.221. The van der Waals surface area contributed by atoms with Crippen molar-refractivity contribution < 1.29 is 23.8 Å². The lowest BCUT2D eigenvalue weighted by Gasteiger charge is -2.39. The van der Waals surface area contributed by atoms with Gasteiger partial charge in [-0.25, -0.2) is 9.59 Å². The van der Waals surface area contributed by atoms with Crippen molar-refractivity contribution in [1.29, 1.82) is 0 Å². The topological polar surface area (TPSA) is 76.5 Å². The summed E-state index contributed by atoms with van der Waals surface area (Å²) >= 11 is 0. The van der Waals surface area contributed by atoms with Gasteiger partial charge < -0.3 is 28.6 Å². The molecule has 1 aliphatic carbocycles. The normalized spacial score (nSPS) is 17.4. The van der Waals surface area contributed by atoms with E-state index < -0.39 is 11.1 Å². The van der Waals surface area contributed by atoms with E-state index in [1.54, 1.807) is 4.90 Å². The molecule has 48 heavy (non-hydrogen) atoms. The number of likely N-dealkylation sites (N-methyl/N-ethyl adjacent to an activating group) is 3. The van der Waals surface area contributed by atoms with Crippen LogP contribution in [-0.4, -0.2) is 103 Å². The number of carbonyl (C=O) groups excluding carboxylic acids is 2. The summed E-state index contributed by atoms with van der Waals surface area (Å²) in [5.74, 6) is 1.04. The molecule has 1 fully saturated rings. The number of rotatable bonds is 9. The molecule has 1 atom stereocenters. The van der Waals surface area contributed by atoms with Gasteiger partial charge in [-0.3, -0.25) is 4.90 Å². The highest BCUT2D eigenvalue weighted by atomic mass is 16.6. The van der Waals surface area contributed by atoms with E-state index in [0.29, 0.717) is 24.6 Å². The first-order valence-electron chi connectivity index (χ1n) is 17.5. The number of nitrogens with zero attached hydrogens (tertiary/aromatic N) is 4. The highest BCUT2D eigenvalue weighted by molar-refractivity contribution is 5.99. The Bertz CT molecular complexity index is 1600. The third-order valence-electron chi connectivity index (χ3n) is 10.2. The van der Waals surface area contributed by atoms with Crippen molar-refractivity contribution in [2.45, 2.75) is 96.4 Å². The van der Waals surface area contributed by atoms with Gasteiger partial charge >= 0.3 is 12.1 Å². The minimum atomic E-state index is -0.542. The summed E-state index contributed by atoms with van der Waals surface area (Å²) in [6.45, 7) is 13.4. The van der Waals surface area contributed by atoms with Crippen LogP contribution >= 0.6 is 0 Å². The van der Waals surface area contributed by atoms with Gasteiger partial charge in [0.25, 0.3) is 0 Å². The Labute approximate surface area is 287 Å². The Morgan fingerprint density at radius 1 is 0.958 bits per heavy atom. The molecule has 0 unspecified atom stereocenters. The van der Waals surface area contributed by atoms with Crippen LogP contribution in [0.1, 0.15) is 88.6 Å². The highest BCUT2D eigenvalue weighted by Crippen LogP contribution is 2.47. The molecule has 0 spiro atoms. The van der Waals surface area contributed by atoms with Gasteiger partial charge in [-0.15, -0.1) is 0 Å². The first-order valence-corrected chi connectivity index (χ1v) is 17.5. The minimum Gasteiger partial charge on any atom is -0.491 e. The molecular weight excluding hydrogens is 604 g/mol. The van der Waals surface area contributed by atoms with Crippen molar-refractivity contribution in [3.05, 3.63) is 53.6 Å². The van der Waals surface area contributed by atoms with Crippen LogP contribution < -0.4 is 4.74 Å². The molecule has 1 amide bonds. The molecule has 2 heterocycles. The summed E-state index contributed by atoms with van der Waals surface area (Å²) in [6.07, 6.45) is 5.78. The van der Waals surface area contributed by atoms with E-state index in [1.807, 2.05) is 46.0 Å². The molecule has 1 aromatic heterocycles. The Balaban J connectivity index is 1.43. The van der Waals surface area contributed by atoms with Crippen LogP contribution in [0.5, 0.6) is 5.75 Å². The van der Waals surface area contributed by atoms with Crippen LogP contribution in [0, 0.1) is 0 Å². The maximum atomic E-state index is 12.8. The predicted octanol–water partition coefficient (Wildman–Crippen LogP) is 7.41. The molecule has 9 heteroatoms. The third-order valence-corrected chi connectivity index (χ3v) is 10.2. The molecule has 1 aliphatic heterocycles. The standard InChI is InChI=1S/C39H56N4O5/c1-38(2,3)48-37(45)42(8)39(4,5)26-40(6)21-22-41(7)29-24-43-32-23-28(36(44)46-9)19-20-30(32)34(27-15-11-10-12-16-27)35(43)31-17-13-14-18-33(31)47-25-29/h13-14,17-20,23,27,29H,10-12,15-16,21-22,24-26H2,1-9H3/t29-/m1/s1. The number of fused-ring (bicyclic) bond motifs is 5. The second-order valence-corrected chi connectivity index (χ2v) is 15.5. The zero-order valence-corrected chi connectivity index (χ0v) is 30.6. The van der Waals surface area contributed by atoms with Crippen LogP contribution in [0.4, 0.5) is 4.79 Å². The molecule has 0 bridgehead atoms.